The molecule has 0 spiro atoms. The van der Waals surface area contributed by atoms with Gasteiger partial charge in [0.25, 0.3) is 0 Å². The Balaban J connectivity index is 1.43. The molecule has 2 heterocycles. The molecule has 0 fully saturated rings. The fourth-order valence-electron chi connectivity index (χ4n) is 2.64. The molecule has 1 aliphatic heterocycles. The molecule has 8 nitrogen and oxygen atoms in total. The van der Waals surface area contributed by atoms with Gasteiger partial charge in [-0.3, -0.25) is 0 Å². The molecule has 0 radical (unpaired) electrons. The Kier molecular flexibility index (Phi) is 4.44. The third-order valence-electron chi connectivity index (χ3n) is 3.96. The number of aromatic nitrogens is 2. The molecule has 0 atom stereocenters. The largest absolute Gasteiger partial charge is 0.478 e. The Morgan fingerprint density at radius 3 is 2.78 bits per heavy atom. The van der Waals surface area contributed by atoms with E-state index in [1.54, 1.807) is 24.3 Å². The fraction of sp³-hybridized carbons (Fsp3) is 0.105. The van der Waals surface area contributed by atoms with Gasteiger partial charge in [0, 0.05) is 18.3 Å². The van der Waals surface area contributed by atoms with Gasteiger partial charge in [0.1, 0.15) is 18.0 Å². The number of ether oxygens (including phenoxy) is 2. The third kappa shape index (κ3) is 3.90. The molecule has 0 bridgehead atoms. The van der Waals surface area contributed by atoms with E-state index in [1.807, 2.05) is 18.2 Å². The second kappa shape index (κ2) is 7.20. The van der Waals surface area contributed by atoms with Crippen LogP contribution in [-0.2, 0) is 6.54 Å². The first-order valence-corrected chi connectivity index (χ1v) is 8.22. The average Bonchev–Trinajstić information content (AvgIpc) is 3.15. The average molecular weight is 364 g/mol. The quantitative estimate of drug-likeness (QED) is 0.612. The van der Waals surface area contributed by atoms with Gasteiger partial charge in [0.05, 0.1) is 5.56 Å². The Bertz CT molecular complexity index is 993. The minimum atomic E-state index is -0.979. The van der Waals surface area contributed by atoms with Gasteiger partial charge < -0.3 is 25.2 Å². The summed E-state index contributed by atoms with van der Waals surface area (Å²) in [7, 11) is 0. The normalized spacial score (nSPS) is 11.9. The van der Waals surface area contributed by atoms with Crippen molar-refractivity contribution in [2.24, 2.45) is 0 Å². The molecule has 0 saturated heterocycles. The number of fused-ring (bicyclic) bond motifs is 1. The second-order valence-corrected chi connectivity index (χ2v) is 5.84. The molecule has 3 N–H and O–H groups in total. The van der Waals surface area contributed by atoms with Crippen LogP contribution in [0.15, 0.2) is 54.9 Å². The molecule has 4 rings (SSSR count). The highest BCUT2D eigenvalue weighted by Crippen LogP contribution is 2.32. The van der Waals surface area contributed by atoms with Crippen LogP contribution in [0.25, 0.3) is 0 Å². The first-order chi connectivity index (χ1) is 13.2. The van der Waals surface area contributed by atoms with E-state index in [9.17, 15) is 4.79 Å². The molecule has 2 aromatic carbocycles. The molecular weight excluding hydrogens is 348 g/mol. The highest BCUT2D eigenvalue weighted by Gasteiger charge is 2.13. The lowest BCUT2D eigenvalue weighted by Gasteiger charge is -2.09. The van der Waals surface area contributed by atoms with Crippen molar-refractivity contribution in [3.8, 4) is 11.5 Å². The van der Waals surface area contributed by atoms with Gasteiger partial charge in [-0.1, -0.05) is 12.1 Å². The van der Waals surface area contributed by atoms with E-state index in [0.29, 0.717) is 23.9 Å². The minimum absolute atomic E-state index is 0.204. The molecular formula is C19H16N4O4. The van der Waals surface area contributed by atoms with Gasteiger partial charge in [-0.25, -0.2) is 14.8 Å². The smallest absolute Gasteiger partial charge is 0.335 e. The van der Waals surface area contributed by atoms with E-state index in [1.165, 1.54) is 12.4 Å². The molecule has 3 aromatic rings. The van der Waals surface area contributed by atoms with Crippen molar-refractivity contribution in [3.05, 3.63) is 66.0 Å². The van der Waals surface area contributed by atoms with Gasteiger partial charge in [0.15, 0.2) is 11.5 Å². The SMILES string of the molecule is O=C(O)c1cccc(Nc2cc(NCc3ccc4c(c3)OCO4)ncn2)c1. The van der Waals surface area contributed by atoms with Crippen molar-refractivity contribution in [2.75, 3.05) is 17.4 Å². The monoisotopic (exact) mass is 364 g/mol. The molecule has 0 saturated carbocycles. The number of carboxylic acids is 1. The summed E-state index contributed by atoms with van der Waals surface area (Å²) < 4.78 is 10.7. The molecule has 8 heteroatoms. The summed E-state index contributed by atoms with van der Waals surface area (Å²) in [6.45, 7) is 0.803. The van der Waals surface area contributed by atoms with E-state index >= 15 is 0 Å². The maximum Gasteiger partial charge on any atom is 0.335 e. The van der Waals surface area contributed by atoms with E-state index < -0.39 is 5.97 Å². The van der Waals surface area contributed by atoms with Gasteiger partial charge in [-0.2, -0.15) is 0 Å². The summed E-state index contributed by atoms with van der Waals surface area (Å²) in [4.78, 5) is 19.4. The van der Waals surface area contributed by atoms with E-state index in [0.717, 1.165) is 17.1 Å². The van der Waals surface area contributed by atoms with Crippen molar-refractivity contribution in [3.63, 3.8) is 0 Å². The van der Waals surface area contributed by atoms with Gasteiger partial charge >= 0.3 is 5.97 Å². The van der Waals surface area contributed by atoms with Gasteiger partial charge in [-0.05, 0) is 35.9 Å². The van der Waals surface area contributed by atoms with Gasteiger partial charge in [-0.15, -0.1) is 0 Å². The number of nitrogens with zero attached hydrogens (tertiary/aromatic N) is 2. The Hall–Kier alpha value is -3.81. The predicted molar refractivity (Wildman–Crippen MR) is 98.6 cm³/mol. The molecule has 1 aromatic heterocycles. The Labute approximate surface area is 154 Å². The Morgan fingerprint density at radius 2 is 1.89 bits per heavy atom. The number of carbonyl (C=O) groups is 1. The van der Waals surface area contributed by atoms with Crippen molar-refractivity contribution in [2.45, 2.75) is 6.54 Å². The van der Waals surface area contributed by atoms with Crippen LogP contribution in [0, 0.1) is 0 Å². The van der Waals surface area contributed by atoms with Crippen LogP contribution in [0.1, 0.15) is 15.9 Å². The molecule has 136 valence electrons. The van der Waals surface area contributed by atoms with Crippen molar-refractivity contribution < 1.29 is 19.4 Å². The predicted octanol–water partition coefficient (Wildman–Crippen LogP) is 3.26. The van der Waals surface area contributed by atoms with Crippen molar-refractivity contribution >= 4 is 23.3 Å². The fourth-order valence-corrected chi connectivity index (χ4v) is 2.64. The summed E-state index contributed by atoms with van der Waals surface area (Å²) in [6, 6.07) is 14.0. The van der Waals surface area contributed by atoms with E-state index in [4.69, 9.17) is 14.6 Å². The number of hydrogen-bond donors (Lipinski definition) is 3. The number of carboxylic acid groups (broad SMARTS) is 1. The summed E-state index contributed by atoms with van der Waals surface area (Å²) in [6.07, 6.45) is 1.44. The number of nitrogens with one attached hydrogen (secondary N) is 2. The third-order valence-corrected chi connectivity index (χ3v) is 3.96. The molecule has 1 aliphatic rings. The van der Waals surface area contributed by atoms with Gasteiger partial charge in [0.2, 0.25) is 6.79 Å². The number of hydrogen-bond acceptors (Lipinski definition) is 7. The van der Waals surface area contributed by atoms with E-state index in [2.05, 4.69) is 20.6 Å². The number of benzene rings is 2. The number of anilines is 3. The van der Waals surface area contributed by atoms with Crippen molar-refractivity contribution in [1.82, 2.24) is 9.97 Å². The maximum absolute atomic E-state index is 11.1. The Morgan fingerprint density at radius 1 is 1.04 bits per heavy atom. The summed E-state index contributed by atoms with van der Waals surface area (Å²) in [5.74, 6) is 1.70. The summed E-state index contributed by atoms with van der Waals surface area (Å²) in [5.41, 5.74) is 1.87. The molecule has 27 heavy (non-hydrogen) atoms. The lowest BCUT2D eigenvalue weighted by atomic mass is 10.2. The zero-order chi connectivity index (χ0) is 18.6. The maximum atomic E-state index is 11.1. The lowest BCUT2D eigenvalue weighted by Crippen LogP contribution is -2.03. The van der Waals surface area contributed by atoms with E-state index in [-0.39, 0.29) is 12.4 Å². The van der Waals surface area contributed by atoms with Crippen LogP contribution >= 0.6 is 0 Å². The zero-order valence-corrected chi connectivity index (χ0v) is 14.2. The minimum Gasteiger partial charge on any atom is -0.478 e. The van der Waals surface area contributed by atoms with Crippen LogP contribution in [-0.4, -0.2) is 27.8 Å². The molecule has 0 aliphatic carbocycles. The first-order valence-electron chi connectivity index (χ1n) is 8.22. The van der Waals surface area contributed by atoms with Crippen LogP contribution < -0.4 is 20.1 Å². The summed E-state index contributed by atoms with van der Waals surface area (Å²) >= 11 is 0. The molecule has 0 unspecified atom stereocenters. The second-order valence-electron chi connectivity index (χ2n) is 5.84. The number of aromatic carboxylic acids is 1. The van der Waals surface area contributed by atoms with Crippen LogP contribution in [0.4, 0.5) is 17.3 Å². The number of rotatable bonds is 6. The zero-order valence-electron chi connectivity index (χ0n) is 14.2. The standard InChI is InChI=1S/C19H16N4O4/c24-19(25)13-2-1-3-14(7-13)23-18-8-17(21-10-22-18)20-9-12-4-5-15-16(6-12)27-11-26-15/h1-8,10H,9,11H2,(H,24,25)(H2,20,21,22,23). The highest BCUT2D eigenvalue weighted by molar-refractivity contribution is 5.89. The summed E-state index contributed by atoms with van der Waals surface area (Å²) in [5, 5.41) is 15.4. The van der Waals surface area contributed by atoms with Crippen LogP contribution in [0.5, 0.6) is 11.5 Å². The highest BCUT2D eigenvalue weighted by atomic mass is 16.7. The van der Waals surface area contributed by atoms with Crippen molar-refractivity contribution in [1.29, 1.82) is 0 Å². The van der Waals surface area contributed by atoms with Crippen LogP contribution in [0.3, 0.4) is 0 Å². The molecule has 0 amide bonds. The van der Waals surface area contributed by atoms with Crippen LogP contribution in [0.2, 0.25) is 0 Å². The first kappa shape index (κ1) is 16.6. The lowest BCUT2D eigenvalue weighted by molar-refractivity contribution is 0.0697. The topological polar surface area (TPSA) is 106 Å².